The highest BCUT2D eigenvalue weighted by Crippen LogP contribution is 2.34. The van der Waals surface area contributed by atoms with Gasteiger partial charge < -0.3 is 13.9 Å². The molecule has 0 aliphatic carbocycles. The fraction of sp³-hybridized carbons (Fsp3) is 0.125. The van der Waals surface area contributed by atoms with Gasteiger partial charge in [0.25, 0.3) is 5.89 Å². The van der Waals surface area contributed by atoms with Gasteiger partial charge in [0, 0.05) is 5.56 Å². The van der Waals surface area contributed by atoms with Crippen LogP contribution in [0.15, 0.2) is 46.9 Å². The first kappa shape index (κ1) is 12.8. The van der Waals surface area contributed by atoms with E-state index >= 15 is 0 Å². The van der Waals surface area contributed by atoms with Gasteiger partial charge in [0.1, 0.15) is 19.0 Å². The minimum Gasteiger partial charge on any atom is -0.486 e. The first-order chi connectivity index (χ1) is 10.8. The molecule has 3 aromatic rings. The van der Waals surface area contributed by atoms with Crippen molar-refractivity contribution in [1.29, 1.82) is 0 Å². The van der Waals surface area contributed by atoms with E-state index in [1.54, 1.807) is 36.4 Å². The molecule has 0 fully saturated rings. The molecule has 5 nitrogen and oxygen atoms in total. The fourth-order valence-corrected chi connectivity index (χ4v) is 2.26. The number of ether oxygens (including phenoxy) is 2. The van der Waals surface area contributed by atoms with Crippen LogP contribution in [0.5, 0.6) is 11.5 Å². The van der Waals surface area contributed by atoms with E-state index in [1.807, 2.05) is 0 Å². The molecule has 1 aliphatic heterocycles. The monoisotopic (exact) mass is 298 g/mol. The third kappa shape index (κ3) is 2.18. The number of benzene rings is 2. The number of halogens is 1. The third-order valence-corrected chi connectivity index (χ3v) is 3.32. The summed E-state index contributed by atoms with van der Waals surface area (Å²) in [7, 11) is 0. The Morgan fingerprint density at radius 1 is 0.864 bits per heavy atom. The summed E-state index contributed by atoms with van der Waals surface area (Å²) in [6, 6.07) is 11.6. The molecule has 22 heavy (non-hydrogen) atoms. The molecule has 0 spiro atoms. The summed E-state index contributed by atoms with van der Waals surface area (Å²) in [4.78, 5) is 0. The molecule has 0 bridgehead atoms. The lowest BCUT2D eigenvalue weighted by Crippen LogP contribution is -2.15. The average Bonchev–Trinajstić information content (AvgIpc) is 3.04. The van der Waals surface area contributed by atoms with Crippen LogP contribution in [0.3, 0.4) is 0 Å². The normalized spacial score (nSPS) is 13.1. The predicted octanol–water partition coefficient (Wildman–Crippen LogP) is 3.31. The SMILES string of the molecule is Fc1ccccc1-c1nnc(-c2ccc3c(c2)OCCO3)o1. The van der Waals surface area contributed by atoms with Gasteiger partial charge in [0.15, 0.2) is 11.5 Å². The van der Waals surface area contributed by atoms with Crippen molar-refractivity contribution in [2.24, 2.45) is 0 Å². The maximum absolute atomic E-state index is 13.7. The minimum atomic E-state index is -0.403. The van der Waals surface area contributed by atoms with Gasteiger partial charge in [0.2, 0.25) is 5.89 Å². The Kier molecular flexibility index (Phi) is 3.00. The molecule has 1 aliphatic rings. The van der Waals surface area contributed by atoms with E-state index in [4.69, 9.17) is 13.9 Å². The second-order valence-corrected chi connectivity index (χ2v) is 4.75. The summed E-state index contributed by atoms with van der Waals surface area (Å²) in [6.07, 6.45) is 0. The summed E-state index contributed by atoms with van der Waals surface area (Å²) in [5, 5.41) is 7.88. The lowest BCUT2D eigenvalue weighted by molar-refractivity contribution is 0.171. The lowest BCUT2D eigenvalue weighted by atomic mass is 10.2. The molecule has 0 radical (unpaired) electrons. The molecular formula is C16H11FN2O3. The van der Waals surface area contributed by atoms with Crippen molar-refractivity contribution < 1.29 is 18.3 Å². The van der Waals surface area contributed by atoms with Crippen molar-refractivity contribution in [2.75, 3.05) is 13.2 Å². The molecule has 0 saturated heterocycles. The van der Waals surface area contributed by atoms with Crippen molar-refractivity contribution in [2.45, 2.75) is 0 Å². The Morgan fingerprint density at radius 3 is 2.50 bits per heavy atom. The third-order valence-electron chi connectivity index (χ3n) is 3.32. The molecule has 0 saturated carbocycles. The Balaban J connectivity index is 1.71. The minimum absolute atomic E-state index is 0.142. The second kappa shape index (κ2) is 5.14. The summed E-state index contributed by atoms with van der Waals surface area (Å²) in [5.41, 5.74) is 0.970. The smallest absolute Gasteiger partial charge is 0.251 e. The molecule has 1 aromatic heterocycles. The van der Waals surface area contributed by atoms with E-state index in [0.717, 1.165) is 0 Å². The van der Waals surface area contributed by atoms with E-state index in [1.165, 1.54) is 6.07 Å². The van der Waals surface area contributed by atoms with Crippen molar-refractivity contribution >= 4 is 0 Å². The van der Waals surface area contributed by atoms with E-state index in [-0.39, 0.29) is 11.5 Å². The standard InChI is InChI=1S/C16H11FN2O3/c17-12-4-2-1-3-11(12)16-19-18-15(22-16)10-5-6-13-14(9-10)21-8-7-20-13/h1-6,9H,7-8H2. The van der Waals surface area contributed by atoms with Crippen LogP contribution in [-0.4, -0.2) is 23.4 Å². The summed E-state index contributed by atoms with van der Waals surface area (Å²) < 4.78 is 30.3. The van der Waals surface area contributed by atoms with Crippen molar-refractivity contribution in [3.05, 3.63) is 48.3 Å². The number of hydrogen-bond acceptors (Lipinski definition) is 5. The first-order valence-electron chi connectivity index (χ1n) is 6.80. The number of fused-ring (bicyclic) bond motifs is 1. The van der Waals surface area contributed by atoms with Crippen LogP contribution in [0.4, 0.5) is 4.39 Å². The van der Waals surface area contributed by atoms with Crippen molar-refractivity contribution in [3.8, 4) is 34.4 Å². The zero-order chi connectivity index (χ0) is 14.9. The maximum Gasteiger partial charge on any atom is 0.251 e. The molecular weight excluding hydrogens is 287 g/mol. The maximum atomic E-state index is 13.7. The Morgan fingerprint density at radius 2 is 1.64 bits per heavy atom. The number of nitrogens with zero attached hydrogens (tertiary/aromatic N) is 2. The van der Waals surface area contributed by atoms with Crippen molar-refractivity contribution in [3.63, 3.8) is 0 Å². The van der Waals surface area contributed by atoms with Crippen LogP contribution in [0, 0.1) is 5.82 Å². The molecule has 0 N–H and O–H groups in total. The topological polar surface area (TPSA) is 57.4 Å². The first-order valence-corrected chi connectivity index (χ1v) is 6.80. The molecule has 0 unspecified atom stereocenters. The van der Waals surface area contributed by atoms with E-state index < -0.39 is 5.82 Å². The summed E-state index contributed by atoms with van der Waals surface area (Å²) >= 11 is 0. The molecule has 2 aromatic carbocycles. The molecule has 0 amide bonds. The van der Waals surface area contributed by atoms with Gasteiger partial charge >= 0.3 is 0 Å². The van der Waals surface area contributed by atoms with Gasteiger partial charge in [-0.25, -0.2) is 4.39 Å². The van der Waals surface area contributed by atoms with Gasteiger partial charge in [-0.05, 0) is 30.3 Å². The van der Waals surface area contributed by atoms with Crippen LogP contribution in [0.25, 0.3) is 22.9 Å². The number of aromatic nitrogens is 2. The van der Waals surface area contributed by atoms with E-state index in [9.17, 15) is 4.39 Å². The van der Waals surface area contributed by atoms with Gasteiger partial charge in [-0.1, -0.05) is 12.1 Å². The molecule has 6 heteroatoms. The van der Waals surface area contributed by atoms with Gasteiger partial charge in [-0.3, -0.25) is 0 Å². The highest BCUT2D eigenvalue weighted by atomic mass is 19.1. The molecule has 110 valence electrons. The van der Waals surface area contributed by atoms with Gasteiger partial charge in [0.05, 0.1) is 5.56 Å². The number of rotatable bonds is 2. The highest BCUT2D eigenvalue weighted by molar-refractivity contribution is 5.62. The van der Waals surface area contributed by atoms with E-state index in [0.29, 0.717) is 36.2 Å². The van der Waals surface area contributed by atoms with Crippen LogP contribution in [-0.2, 0) is 0 Å². The Hall–Kier alpha value is -2.89. The second-order valence-electron chi connectivity index (χ2n) is 4.75. The fourth-order valence-electron chi connectivity index (χ4n) is 2.26. The van der Waals surface area contributed by atoms with Crippen molar-refractivity contribution in [1.82, 2.24) is 10.2 Å². The van der Waals surface area contributed by atoms with Gasteiger partial charge in [-0.2, -0.15) is 0 Å². The van der Waals surface area contributed by atoms with Crippen LogP contribution < -0.4 is 9.47 Å². The lowest BCUT2D eigenvalue weighted by Gasteiger charge is -2.18. The summed E-state index contributed by atoms with van der Waals surface area (Å²) in [6.45, 7) is 1.03. The largest absolute Gasteiger partial charge is 0.486 e. The predicted molar refractivity (Wildman–Crippen MR) is 76.1 cm³/mol. The van der Waals surface area contributed by atoms with Crippen LogP contribution >= 0.6 is 0 Å². The Labute approximate surface area is 125 Å². The summed E-state index contributed by atoms with van der Waals surface area (Å²) in [5.74, 6) is 1.36. The average molecular weight is 298 g/mol. The van der Waals surface area contributed by atoms with Crippen LogP contribution in [0.2, 0.25) is 0 Å². The zero-order valence-electron chi connectivity index (χ0n) is 11.5. The van der Waals surface area contributed by atoms with E-state index in [2.05, 4.69) is 10.2 Å². The molecule has 2 heterocycles. The number of hydrogen-bond donors (Lipinski definition) is 0. The van der Waals surface area contributed by atoms with Crippen LogP contribution in [0.1, 0.15) is 0 Å². The zero-order valence-corrected chi connectivity index (χ0v) is 11.5. The van der Waals surface area contributed by atoms with Gasteiger partial charge in [-0.15, -0.1) is 10.2 Å². The Bertz CT molecular complexity index is 832. The highest BCUT2D eigenvalue weighted by Gasteiger charge is 2.17. The quantitative estimate of drug-likeness (QED) is 0.726. The molecule has 0 atom stereocenters. The molecule has 4 rings (SSSR count).